The maximum absolute atomic E-state index is 0. The Bertz CT molecular complexity index is 19.7. The molecule has 39 valence electrons. The summed E-state index contributed by atoms with van der Waals surface area (Å²) in [5.41, 5.74) is 0. The first kappa shape index (κ1) is 47.7. The molecule has 6 heavy (non-hydrogen) atoms. The molecule has 0 aromatic rings. The van der Waals surface area contributed by atoms with Crippen molar-refractivity contribution in [2.24, 2.45) is 0 Å². The summed E-state index contributed by atoms with van der Waals surface area (Å²) in [6.45, 7) is 0. The van der Waals surface area contributed by atoms with Gasteiger partial charge in [0.15, 0.2) is 0 Å². The predicted octanol–water partition coefficient (Wildman–Crippen LogP) is -3.27. The minimum atomic E-state index is 0. The average Bonchev–Trinajstić information content (AvgIpc) is 0. The van der Waals surface area contributed by atoms with E-state index in [4.69, 9.17) is 0 Å². The normalized spacial score (nSPS) is 0. The van der Waals surface area contributed by atoms with Crippen LogP contribution in [-0.2, 0) is 71.0 Å². The SMILES string of the molecule is [Al].[Cr].[Cu].[Fe].[H-].[K+].[Rh]. The van der Waals surface area contributed by atoms with Crippen LogP contribution < -0.4 is 51.4 Å². The molecular weight excluding hydrogens is 340 g/mol. The van der Waals surface area contributed by atoms with E-state index in [1.54, 1.807) is 0 Å². The van der Waals surface area contributed by atoms with Gasteiger partial charge in [0.05, 0.1) is 0 Å². The van der Waals surface area contributed by atoms with E-state index in [1.165, 1.54) is 0 Å². The first-order chi connectivity index (χ1) is 0. The van der Waals surface area contributed by atoms with Gasteiger partial charge in [0.1, 0.15) is 0 Å². The van der Waals surface area contributed by atoms with Gasteiger partial charge in [-0.25, -0.2) is 0 Å². The molecule has 0 aromatic heterocycles. The Kier molecular flexibility index (Phi) is 274. The first-order valence-electron chi connectivity index (χ1n) is 0. The molecule has 0 unspecified atom stereocenters. The molecule has 0 rings (SSSR count). The van der Waals surface area contributed by atoms with E-state index in [9.17, 15) is 0 Å². The molecule has 0 aliphatic heterocycles. The fraction of sp³-hybridized carbons (Fsp3) is 0. The Morgan fingerprint density at radius 1 is 1.17 bits per heavy atom. The molecule has 0 saturated carbocycles. The largest absolute Gasteiger partial charge is 1.00 e. The van der Waals surface area contributed by atoms with E-state index in [0.29, 0.717) is 0 Å². The summed E-state index contributed by atoms with van der Waals surface area (Å²) >= 11 is 0. The zero-order chi connectivity index (χ0) is 0. The molecule has 0 spiro atoms. The van der Waals surface area contributed by atoms with Crippen molar-refractivity contribution in [2.45, 2.75) is 0 Å². The molecule has 0 fully saturated rings. The zero-order valence-electron chi connectivity index (χ0n) is 3.97. The second kappa shape index (κ2) is 34.4. The van der Waals surface area contributed by atoms with Crippen LogP contribution in [0.3, 0.4) is 0 Å². The maximum atomic E-state index is 0. The molecule has 0 aromatic carbocycles. The molecule has 0 heterocycles. The van der Waals surface area contributed by atoms with Gasteiger partial charge in [-0.1, -0.05) is 0 Å². The third kappa shape index (κ3) is 23.8. The van der Waals surface area contributed by atoms with Gasteiger partial charge in [0, 0.05) is 88.3 Å². The van der Waals surface area contributed by atoms with Crippen LogP contribution in [0.5, 0.6) is 0 Å². The molecule has 0 N–H and O–H groups in total. The number of hydrogen-bond acceptors (Lipinski definition) is 0. The van der Waals surface area contributed by atoms with Crippen molar-refractivity contribution in [1.82, 2.24) is 0 Å². The van der Waals surface area contributed by atoms with E-state index in [0.717, 1.165) is 0 Å². The average molecular weight is 341 g/mol. The monoisotopic (exact) mass is 341 g/mol. The molecule has 0 aliphatic carbocycles. The van der Waals surface area contributed by atoms with E-state index < -0.39 is 0 Å². The van der Waals surface area contributed by atoms with Crippen LogP contribution in [0.2, 0.25) is 0 Å². The summed E-state index contributed by atoms with van der Waals surface area (Å²) in [4.78, 5) is 0. The van der Waals surface area contributed by atoms with Gasteiger partial charge in [-0.3, -0.25) is 0 Å². The molecular formula is HAlCrCuFeKRh. The van der Waals surface area contributed by atoms with Crippen LogP contribution in [-0.4, -0.2) is 17.4 Å². The van der Waals surface area contributed by atoms with Crippen LogP contribution in [0, 0.1) is 0 Å². The van der Waals surface area contributed by atoms with Crippen molar-refractivity contribution in [3.05, 3.63) is 0 Å². The van der Waals surface area contributed by atoms with Crippen LogP contribution in [0.25, 0.3) is 0 Å². The van der Waals surface area contributed by atoms with Crippen molar-refractivity contribution < 1.29 is 124 Å². The van der Waals surface area contributed by atoms with Crippen molar-refractivity contribution in [3.8, 4) is 0 Å². The van der Waals surface area contributed by atoms with Gasteiger partial charge in [-0.05, 0) is 0 Å². The molecule has 0 saturated heterocycles. The molecule has 0 bridgehead atoms. The second-order valence-electron chi connectivity index (χ2n) is 0. The summed E-state index contributed by atoms with van der Waals surface area (Å²) in [7, 11) is 0. The minimum Gasteiger partial charge on any atom is -1.00 e. The van der Waals surface area contributed by atoms with Crippen LogP contribution in [0.1, 0.15) is 1.43 Å². The summed E-state index contributed by atoms with van der Waals surface area (Å²) in [6.07, 6.45) is 0. The van der Waals surface area contributed by atoms with Crippen molar-refractivity contribution >= 4 is 17.4 Å². The zero-order valence-corrected chi connectivity index (χ0v) is 12.2. The molecule has 0 aliphatic rings. The summed E-state index contributed by atoms with van der Waals surface area (Å²) in [5, 5.41) is 0. The third-order valence-electron chi connectivity index (χ3n) is 0. The van der Waals surface area contributed by atoms with E-state index in [1.807, 2.05) is 0 Å². The summed E-state index contributed by atoms with van der Waals surface area (Å²) in [6, 6.07) is 0. The quantitative estimate of drug-likeness (QED) is 0.406. The Morgan fingerprint density at radius 3 is 1.17 bits per heavy atom. The summed E-state index contributed by atoms with van der Waals surface area (Å²) in [5.74, 6) is 0. The van der Waals surface area contributed by atoms with Gasteiger partial charge in [0.25, 0.3) is 0 Å². The fourth-order valence-electron chi connectivity index (χ4n) is 0. The third-order valence-corrected chi connectivity index (χ3v) is 0. The Labute approximate surface area is 138 Å². The number of hydrogen-bond donors (Lipinski definition) is 0. The topological polar surface area (TPSA) is 0 Å². The molecule has 0 amide bonds. The predicted molar refractivity (Wildman–Crippen MR) is 6.87 cm³/mol. The molecule has 5 radical (unpaired) electrons. The van der Waals surface area contributed by atoms with Gasteiger partial charge in [-0.2, -0.15) is 0 Å². The first-order valence-corrected chi connectivity index (χ1v) is 0. The minimum absolute atomic E-state index is 0. The Morgan fingerprint density at radius 2 is 1.17 bits per heavy atom. The van der Waals surface area contributed by atoms with E-state index in [2.05, 4.69) is 0 Å². The smallest absolute Gasteiger partial charge is 1.00 e. The molecule has 0 atom stereocenters. The van der Waals surface area contributed by atoms with Crippen LogP contribution >= 0.6 is 0 Å². The van der Waals surface area contributed by atoms with Gasteiger partial charge < -0.3 is 1.43 Å². The van der Waals surface area contributed by atoms with Gasteiger partial charge in [-0.15, -0.1) is 0 Å². The molecule has 0 nitrogen and oxygen atoms in total. The van der Waals surface area contributed by atoms with Gasteiger partial charge >= 0.3 is 51.4 Å². The standard InChI is InChI=1S/Al.Cr.Cu.Fe.K.Rh.H/q;;;;+1;;-1. The van der Waals surface area contributed by atoms with Gasteiger partial charge in [0.2, 0.25) is 0 Å². The fourth-order valence-corrected chi connectivity index (χ4v) is 0. The Hall–Kier alpha value is 4.36. The number of rotatable bonds is 0. The molecule has 6 heteroatoms. The van der Waals surface area contributed by atoms with Crippen LogP contribution in [0.15, 0.2) is 0 Å². The van der Waals surface area contributed by atoms with Crippen LogP contribution in [0.4, 0.5) is 0 Å². The van der Waals surface area contributed by atoms with Crippen molar-refractivity contribution in [3.63, 3.8) is 0 Å². The maximum Gasteiger partial charge on any atom is 1.00 e. The van der Waals surface area contributed by atoms with Crippen molar-refractivity contribution in [1.29, 1.82) is 0 Å². The van der Waals surface area contributed by atoms with E-state index >= 15 is 0 Å². The summed E-state index contributed by atoms with van der Waals surface area (Å²) < 4.78 is 0. The van der Waals surface area contributed by atoms with E-state index in [-0.39, 0.29) is 141 Å². The second-order valence-corrected chi connectivity index (χ2v) is 0. The Balaban J connectivity index is 0. The van der Waals surface area contributed by atoms with Crippen molar-refractivity contribution in [2.75, 3.05) is 0 Å².